The molecule has 12 heavy (non-hydrogen) atoms. The molecule has 60 valence electrons. The van der Waals surface area contributed by atoms with E-state index in [4.69, 9.17) is 11.0 Å². The van der Waals surface area contributed by atoms with Gasteiger partial charge in [0.2, 0.25) is 0 Å². The van der Waals surface area contributed by atoms with Crippen molar-refractivity contribution in [3.63, 3.8) is 0 Å². The number of nitrogens with two attached hydrogens (primary N) is 1. The zero-order chi connectivity index (χ0) is 8.97. The van der Waals surface area contributed by atoms with Crippen LogP contribution < -0.4 is 5.73 Å². The van der Waals surface area contributed by atoms with E-state index in [0.29, 0.717) is 5.69 Å². The van der Waals surface area contributed by atoms with Gasteiger partial charge in [-0.05, 0) is 30.7 Å². The first-order chi connectivity index (χ1) is 5.74. The van der Waals surface area contributed by atoms with Gasteiger partial charge in [-0.3, -0.25) is 0 Å². The monoisotopic (exact) mass is 158 g/mol. The van der Waals surface area contributed by atoms with Gasteiger partial charge in [-0.15, -0.1) is 0 Å². The number of nitriles is 1. The van der Waals surface area contributed by atoms with Gasteiger partial charge < -0.3 is 5.73 Å². The van der Waals surface area contributed by atoms with Gasteiger partial charge in [0.1, 0.15) is 0 Å². The summed E-state index contributed by atoms with van der Waals surface area (Å²) in [6.07, 6.45) is 3.13. The minimum atomic E-state index is 0.701. The molecule has 1 aromatic carbocycles. The molecule has 0 amide bonds. The van der Waals surface area contributed by atoms with Crippen LogP contribution in [0.5, 0.6) is 0 Å². The molecular formula is C10H10N2. The van der Waals surface area contributed by atoms with Crippen molar-refractivity contribution in [2.75, 3.05) is 5.73 Å². The molecule has 2 nitrogen and oxygen atoms in total. The predicted molar refractivity (Wildman–Crippen MR) is 50.2 cm³/mol. The van der Waals surface area contributed by atoms with Crippen LogP contribution in [0, 0.1) is 18.3 Å². The number of hydrogen-bond acceptors (Lipinski definition) is 2. The Balaban J connectivity index is 3.07. The van der Waals surface area contributed by atoms with Crippen LogP contribution in [0.3, 0.4) is 0 Å². The molecule has 0 radical (unpaired) electrons. The number of benzene rings is 1. The van der Waals surface area contributed by atoms with E-state index in [1.807, 2.05) is 31.2 Å². The summed E-state index contributed by atoms with van der Waals surface area (Å²) >= 11 is 0. The Bertz CT molecular complexity index is 345. The number of aryl methyl sites for hydroxylation is 1. The average molecular weight is 158 g/mol. The smallest absolute Gasteiger partial charge is 0.0912 e. The quantitative estimate of drug-likeness (QED) is 0.502. The third-order valence-corrected chi connectivity index (χ3v) is 1.58. The van der Waals surface area contributed by atoms with Gasteiger partial charge in [-0.1, -0.05) is 11.6 Å². The maximum absolute atomic E-state index is 8.31. The summed E-state index contributed by atoms with van der Waals surface area (Å²) < 4.78 is 0. The molecule has 0 aliphatic heterocycles. The molecule has 0 spiro atoms. The number of rotatable bonds is 1. The van der Waals surface area contributed by atoms with E-state index in [9.17, 15) is 0 Å². The van der Waals surface area contributed by atoms with Crippen LogP contribution in [0.25, 0.3) is 6.08 Å². The highest BCUT2D eigenvalue weighted by molar-refractivity contribution is 5.66. The fourth-order valence-electron chi connectivity index (χ4n) is 0.966. The second-order valence-corrected chi connectivity index (χ2v) is 2.59. The van der Waals surface area contributed by atoms with Gasteiger partial charge in [0.05, 0.1) is 6.07 Å². The van der Waals surface area contributed by atoms with E-state index in [2.05, 4.69) is 0 Å². The zero-order valence-electron chi connectivity index (χ0n) is 6.91. The van der Waals surface area contributed by atoms with Crippen molar-refractivity contribution >= 4 is 11.8 Å². The standard InChI is InChI=1S/C10H10N2/c1-8-4-5-10(12)9(7-8)3-2-6-11/h2-5,7H,12H2,1H3/b3-2+. The lowest BCUT2D eigenvalue weighted by Crippen LogP contribution is -1.89. The summed E-state index contributed by atoms with van der Waals surface area (Å²) in [4.78, 5) is 0. The van der Waals surface area contributed by atoms with E-state index in [1.165, 1.54) is 6.08 Å². The molecule has 0 unspecified atom stereocenters. The number of nitrogens with zero attached hydrogens (tertiary/aromatic N) is 1. The van der Waals surface area contributed by atoms with Crippen molar-refractivity contribution in [2.45, 2.75) is 6.92 Å². The lowest BCUT2D eigenvalue weighted by molar-refractivity contribution is 1.46. The molecule has 2 N–H and O–H groups in total. The van der Waals surface area contributed by atoms with E-state index in [-0.39, 0.29) is 0 Å². The summed E-state index contributed by atoms with van der Waals surface area (Å²) in [7, 11) is 0. The Morgan fingerprint density at radius 2 is 2.25 bits per heavy atom. The molecule has 1 rings (SSSR count). The molecule has 0 saturated carbocycles. The first-order valence-corrected chi connectivity index (χ1v) is 3.66. The van der Waals surface area contributed by atoms with Crippen molar-refractivity contribution in [3.05, 3.63) is 35.4 Å². The molecule has 0 aliphatic rings. The van der Waals surface area contributed by atoms with Crippen LogP contribution in [-0.2, 0) is 0 Å². The van der Waals surface area contributed by atoms with Crippen LogP contribution >= 0.6 is 0 Å². The number of nitrogen functional groups attached to an aromatic ring is 1. The number of hydrogen-bond donors (Lipinski definition) is 1. The molecule has 0 saturated heterocycles. The SMILES string of the molecule is Cc1ccc(N)c(/C=C/C#N)c1. The summed E-state index contributed by atoms with van der Waals surface area (Å²) in [6.45, 7) is 1.99. The fraction of sp³-hybridized carbons (Fsp3) is 0.100. The van der Waals surface area contributed by atoms with E-state index in [1.54, 1.807) is 6.08 Å². The minimum absolute atomic E-state index is 0.701. The Morgan fingerprint density at radius 1 is 1.50 bits per heavy atom. The van der Waals surface area contributed by atoms with Crippen LogP contribution in [0.4, 0.5) is 5.69 Å². The van der Waals surface area contributed by atoms with Crippen molar-refractivity contribution in [3.8, 4) is 6.07 Å². The summed E-state index contributed by atoms with van der Waals surface area (Å²) in [6, 6.07) is 7.66. The molecule has 0 fully saturated rings. The lowest BCUT2D eigenvalue weighted by atomic mass is 10.1. The van der Waals surface area contributed by atoms with Crippen molar-refractivity contribution in [1.29, 1.82) is 5.26 Å². The Morgan fingerprint density at radius 3 is 2.92 bits per heavy atom. The zero-order valence-corrected chi connectivity index (χ0v) is 6.91. The van der Waals surface area contributed by atoms with Gasteiger partial charge in [-0.2, -0.15) is 5.26 Å². The Hall–Kier alpha value is -1.75. The highest BCUT2D eigenvalue weighted by Gasteiger charge is 1.93. The second kappa shape index (κ2) is 3.59. The minimum Gasteiger partial charge on any atom is -0.398 e. The molecule has 1 aromatic rings. The van der Waals surface area contributed by atoms with Gasteiger partial charge in [0.15, 0.2) is 0 Å². The summed E-state index contributed by atoms with van der Waals surface area (Å²) in [5.41, 5.74) is 8.41. The van der Waals surface area contributed by atoms with Crippen LogP contribution in [-0.4, -0.2) is 0 Å². The average Bonchev–Trinajstić information content (AvgIpc) is 2.07. The highest BCUT2D eigenvalue weighted by atomic mass is 14.5. The van der Waals surface area contributed by atoms with Crippen molar-refractivity contribution in [1.82, 2.24) is 0 Å². The molecular weight excluding hydrogens is 148 g/mol. The van der Waals surface area contributed by atoms with Crippen LogP contribution in [0.2, 0.25) is 0 Å². The normalized spacial score (nSPS) is 10.0. The summed E-state index contributed by atoms with van der Waals surface area (Å²) in [5.74, 6) is 0. The van der Waals surface area contributed by atoms with Gasteiger partial charge in [0, 0.05) is 11.8 Å². The first-order valence-electron chi connectivity index (χ1n) is 3.66. The van der Waals surface area contributed by atoms with Crippen LogP contribution in [0.15, 0.2) is 24.3 Å². The number of anilines is 1. The van der Waals surface area contributed by atoms with Gasteiger partial charge in [-0.25, -0.2) is 0 Å². The first kappa shape index (κ1) is 8.35. The topological polar surface area (TPSA) is 49.8 Å². The van der Waals surface area contributed by atoms with Crippen molar-refractivity contribution in [2.24, 2.45) is 0 Å². The van der Waals surface area contributed by atoms with Crippen LogP contribution in [0.1, 0.15) is 11.1 Å². The maximum Gasteiger partial charge on any atom is 0.0912 e. The molecule has 0 heterocycles. The van der Waals surface area contributed by atoms with Crippen molar-refractivity contribution < 1.29 is 0 Å². The summed E-state index contributed by atoms with van der Waals surface area (Å²) in [5, 5.41) is 8.31. The largest absolute Gasteiger partial charge is 0.398 e. The van der Waals surface area contributed by atoms with Gasteiger partial charge in [0.25, 0.3) is 0 Å². The molecule has 0 bridgehead atoms. The lowest BCUT2D eigenvalue weighted by Gasteiger charge is -2.00. The van der Waals surface area contributed by atoms with E-state index < -0.39 is 0 Å². The highest BCUT2D eigenvalue weighted by Crippen LogP contribution is 2.14. The second-order valence-electron chi connectivity index (χ2n) is 2.59. The number of allylic oxidation sites excluding steroid dienone is 1. The molecule has 0 atom stereocenters. The fourth-order valence-corrected chi connectivity index (χ4v) is 0.966. The third kappa shape index (κ3) is 1.86. The third-order valence-electron chi connectivity index (χ3n) is 1.58. The maximum atomic E-state index is 8.31. The Kier molecular flexibility index (Phi) is 2.49. The van der Waals surface area contributed by atoms with E-state index in [0.717, 1.165) is 11.1 Å². The molecule has 0 aliphatic carbocycles. The molecule has 2 heteroatoms. The predicted octanol–water partition coefficient (Wildman–Crippen LogP) is 2.11. The van der Waals surface area contributed by atoms with E-state index >= 15 is 0 Å². The molecule has 0 aromatic heterocycles. The van der Waals surface area contributed by atoms with Gasteiger partial charge >= 0.3 is 0 Å². The Labute approximate surface area is 71.9 Å².